The van der Waals surface area contributed by atoms with Gasteiger partial charge in [0.05, 0.1) is 0 Å². The van der Waals surface area contributed by atoms with Crippen molar-refractivity contribution >= 4 is 16.9 Å². The molecule has 1 atom stereocenters. The number of hydrogen-bond donors (Lipinski definition) is 1. The van der Waals surface area contributed by atoms with Gasteiger partial charge in [-0.3, -0.25) is 4.99 Å². The summed E-state index contributed by atoms with van der Waals surface area (Å²) in [5.41, 5.74) is 1.81. The lowest BCUT2D eigenvalue weighted by atomic mass is 9.84. The third-order valence-electron chi connectivity index (χ3n) is 4.33. The Kier molecular flexibility index (Phi) is 5.53. The third kappa shape index (κ3) is 4.02. The second kappa shape index (κ2) is 7.16. The zero-order valence-corrected chi connectivity index (χ0v) is 13.7. The van der Waals surface area contributed by atoms with Gasteiger partial charge < -0.3 is 5.32 Å². The quantitative estimate of drug-likeness (QED) is 0.882. The van der Waals surface area contributed by atoms with Crippen molar-refractivity contribution in [2.75, 3.05) is 12.3 Å². The van der Waals surface area contributed by atoms with E-state index in [0.717, 1.165) is 18.1 Å². The van der Waals surface area contributed by atoms with E-state index in [-0.39, 0.29) is 0 Å². The first-order valence-corrected chi connectivity index (χ1v) is 8.64. The van der Waals surface area contributed by atoms with Gasteiger partial charge in [-0.25, -0.2) is 0 Å². The van der Waals surface area contributed by atoms with Crippen LogP contribution in [0.25, 0.3) is 0 Å². The number of benzene rings is 1. The fraction of sp³-hybridized carbons (Fsp3) is 0.588. The van der Waals surface area contributed by atoms with Crippen molar-refractivity contribution in [3.63, 3.8) is 0 Å². The van der Waals surface area contributed by atoms with Crippen LogP contribution in [0.4, 0.5) is 0 Å². The molecule has 1 aliphatic heterocycles. The molecule has 1 heterocycles. The Labute approximate surface area is 127 Å². The molecule has 1 unspecified atom stereocenters. The molecule has 2 rings (SSSR count). The predicted octanol–water partition coefficient (Wildman–Crippen LogP) is 4.12. The average molecular weight is 290 g/mol. The van der Waals surface area contributed by atoms with E-state index in [1.807, 2.05) is 11.8 Å². The highest BCUT2D eigenvalue weighted by Crippen LogP contribution is 2.34. The topological polar surface area (TPSA) is 24.4 Å². The molecule has 110 valence electrons. The van der Waals surface area contributed by atoms with Crippen LogP contribution in [-0.2, 0) is 6.42 Å². The van der Waals surface area contributed by atoms with Crippen LogP contribution >= 0.6 is 11.8 Å². The second-order valence-electron chi connectivity index (χ2n) is 5.85. The summed E-state index contributed by atoms with van der Waals surface area (Å²) < 4.78 is 0. The molecule has 0 fully saturated rings. The molecule has 1 aliphatic rings. The summed E-state index contributed by atoms with van der Waals surface area (Å²) in [4.78, 5) is 4.77. The lowest BCUT2D eigenvalue weighted by Crippen LogP contribution is -2.38. The highest BCUT2D eigenvalue weighted by Gasteiger charge is 2.30. The minimum absolute atomic E-state index is 0.429. The Morgan fingerprint density at radius 3 is 2.50 bits per heavy atom. The molecule has 1 aromatic rings. The van der Waals surface area contributed by atoms with Crippen LogP contribution in [0.1, 0.15) is 39.2 Å². The molecular weight excluding hydrogens is 264 g/mol. The maximum atomic E-state index is 4.77. The fourth-order valence-electron chi connectivity index (χ4n) is 2.55. The normalized spacial score (nSPS) is 19.2. The van der Waals surface area contributed by atoms with Crippen molar-refractivity contribution in [3.05, 3.63) is 35.9 Å². The smallest absolute Gasteiger partial charge is 0.156 e. The Hall–Kier alpha value is -0.960. The number of nitrogens with zero attached hydrogens (tertiary/aromatic N) is 1. The maximum Gasteiger partial charge on any atom is 0.156 e. The van der Waals surface area contributed by atoms with Crippen LogP contribution in [-0.4, -0.2) is 23.5 Å². The van der Waals surface area contributed by atoms with Crippen molar-refractivity contribution in [1.29, 1.82) is 0 Å². The van der Waals surface area contributed by atoms with E-state index in [1.165, 1.54) is 24.2 Å². The lowest BCUT2D eigenvalue weighted by molar-refractivity contribution is 0.318. The Morgan fingerprint density at radius 1 is 1.25 bits per heavy atom. The van der Waals surface area contributed by atoms with Crippen molar-refractivity contribution < 1.29 is 0 Å². The van der Waals surface area contributed by atoms with Crippen molar-refractivity contribution in [2.45, 2.75) is 46.1 Å². The first-order chi connectivity index (χ1) is 9.67. The first-order valence-electron chi connectivity index (χ1n) is 7.65. The van der Waals surface area contributed by atoms with E-state index in [0.29, 0.717) is 11.5 Å². The van der Waals surface area contributed by atoms with E-state index < -0.39 is 0 Å². The molecule has 0 saturated heterocycles. The molecule has 0 saturated carbocycles. The van der Waals surface area contributed by atoms with Gasteiger partial charge >= 0.3 is 0 Å². The van der Waals surface area contributed by atoms with Crippen LogP contribution in [0.5, 0.6) is 0 Å². The molecule has 1 N–H and O–H groups in total. The summed E-state index contributed by atoms with van der Waals surface area (Å²) >= 11 is 1.90. The van der Waals surface area contributed by atoms with Gasteiger partial charge in [-0.1, -0.05) is 55.9 Å². The zero-order chi connectivity index (χ0) is 14.4. The third-order valence-corrected chi connectivity index (χ3v) is 5.60. The predicted molar refractivity (Wildman–Crippen MR) is 90.5 cm³/mol. The molecule has 2 nitrogen and oxygen atoms in total. The van der Waals surface area contributed by atoms with Crippen molar-refractivity contribution in [1.82, 2.24) is 5.32 Å². The van der Waals surface area contributed by atoms with Crippen LogP contribution in [0.2, 0.25) is 0 Å². The van der Waals surface area contributed by atoms with Gasteiger partial charge in [0.1, 0.15) is 0 Å². The van der Waals surface area contributed by atoms with Gasteiger partial charge in [0.2, 0.25) is 0 Å². The number of thioether (sulfide) groups is 1. The lowest BCUT2D eigenvalue weighted by Gasteiger charge is -2.34. The standard InChI is InChI=1S/C17H26N2S/c1-4-17(5-2)12-18-16(20-13-17)19-14(3)11-15-9-7-6-8-10-15/h6-10,14H,4-5,11-13H2,1-3H3,(H,18,19). The van der Waals surface area contributed by atoms with Gasteiger partial charge in [-0.15, -0.1) is 0 Å². The summed E-state index contributed by atoms with van der Waals surface area (Å²) in [7, 11) is 0. The fourth-order valence-corrected chi connectivity index (χ4v) is 3.93. The molecule has 20 heavy (non-hydrogen) atoms. The Balaban J connectivity index is 1.87. The van der Waals surface area contributed by atoms with E-state index in [4.69, 9.17) is 4.99 Å². The molecule has 0 aliphatic carbocycles. The summed E-state index contributed by atoms with van der Waals surface area (Å²) in [6.07, 6.45) is 3.51. The van der Waals surface area contributed by atoms with Gasteiger partial charge in [0.15, 0.2) is 5.17 Å². The molecule has 1 aromatic carbocycles. The van der Waals surface area contributed by atoms with Crippen LogP contribution in [0.15, 0.2) is 35.3 Å². The average Bonchev–Trinajstić information content (AvgIpc) is 2.49. The van der Waals surface area contributed by atoms with Crippen LogP contribution < -0.4 is 5.32 Å². The molecule has 3 heteroatoms. The second-order valence-corrected chi connectivity index (χ2v) is 6.82. The Morgan fingerprint density at radius 2 is 1.95 bits per heavy atom. The van der Waals surface area contributed by atoms with E-state index >= 15 is 0 Å². The molecule has 0 aromatic heterocycles. The van der Waals surface area contributed by atoms with Crippen LogP contribution in [0, 0.1) is 5.41 Å². The molecule has 0 bridgehead atoms. The van der Waals surface area contributed by atoms with Gasteiger partial charge in [-0.2, -0.15) is 0 Å². The minimum Gasteiger partial charge on any atom is -0.362 e. The number of rotatable bonds is 5. The minimum atomic E-state index is 0.429. The van der Waals surface area contributed by atoms with Crippen molar-refractivity contribution in [2.24, 2.45) is 10.4 Å². The summed E-state index contributed by atoms with van der Waals surface area (Å²) in [5.74, 6) is 1.20. The Bertz CT molecular complexity index is 438. The van der Waals surface area contributed by atoms with Crippen LogP contribution in [0.3, 0.4) is 0 Å². The monoisotopic (exact) mass is 290 g/mol. The number of amidine groups is 1. The van der Waals surface area contributed by atoms with Gasteiger partial charge in [-0.05, 0) is 37.2 Å². The number of nitrogens with one attached hydrogen (secondary N) is 1. The molecule has 0 spiro atoms. The number of hydrogen-bond acceptors (Lipinski definition) is 3. The molecule has 0 amide bonds. The van der Waals surface area contributed by atoms with Gasteiger partial charge in [0, 0.05) is 18.3 Å². The number of aliphatic imine (C=N–C) groups is 1. The largest absolute Gasteiger partial charge is 0.362 e. The van der Waals surface area contributed by atoms with Gasteiger partial charge in [0.25, 0.3) is 0 Å². The first kappa shape index (κ1) is 15.4. The summed E-state index contributed by atoms with van der Waals surface area (Å²) in [6, 6.07) is 11.1. The molecular formula is C17H26N2S. The van der Waals surface area contributed by atoms with E-state index in [9.17, 15) is 0 Å². The zero-order valence-electron chi connectivity index (χ0n) is 12.9. The highest BCUT2D eigenvalue weighted by molar-refractivity contribution is 8.13. The summed E-state index contributed by atoms with van der Waals surface area (Å²) in [5, 5.41) is 4.70. The van der Waals surface area contributed by atoms with Crippen molar-refractivity contribution in [3.8, 4) is 0 Å². The van der Waals surface area contributed by atoms with E-state index in [2.05, 4.69) is 56.4 Å². The highest BCUT2D eigenvalue weighted by atomic mass is 32.2. The maximum absolute atomic E-state index is 4.77. The van der Waals surface area contributed by atoms with E-state index in [1.54, 1.807) is 0 Å². The SMILES string of the molecule is CCC1(CC)CN=C(NC(C)Cc2ccccc2)SC1. The summed E-state index contributed by atoms with van der Waals surface area (Å²) in [6.45, 7) is 7.79. The molecule has 0 radical (unpaired) electrons.